The summed E-state index contributed by atoms with van der Waals surface area (Å²) in [5.41, 5.74) is 0.317. The minimum Gasteiger partial charge on any atom is -0.224 e. The molecule has 0 amide bonds. The largest absolute Gasteiger partial charge is 0.224 e. The van der Waals surface area contributed by atoms with Gasteiger partial charge in [0, 0.05) is 0 Å². The molecular weight excluding hydrogens is 162 g/mol. The van der Waals surface area contributed by atoms with E-state index >= 15 is 0 Å². The van der Waals surface area contributed by atoms with E-state index in [1.165, 1.54) is 12.1 Å². The number of nitriles is 2. The molecule has 0 spiro atoms. The zero-order valence-corrected chi connectivity index (χ0v) is 6.13. The van der Waals surface area contributed by atoms with Gasteiger partial charge >= 0.3 is 0 Å². The number of aromatic nitrogens is 1. The molecule has 0 radical (unpaired) electrons. The maximum absolute atomic E-state index is 8.46. The van der Waals surface area contributed by atoms with Gasteiger partial charge in [-0.15, -0.1) is 0 Å². The quantitative estimate of drug-likeness (QED) is 0.545. The average Bonchev–Trinajstić information content (AvgIpc) is 2.04. The lowest BCUT2D eigenvalue weighted by Gasteiger charge is -1.91. The molecule has 0 aliphatic carbocycles. The molecule has 0 unspecified atom stereocenters. The van der Waals surface area contributed by atoms with Crippen LogP contribution in [-0.2, 0) is 0 Å². The number of hydrogen-bond acceptors (Lipinski definition) is 3. The highest BCUT2D eigenvalue weighted by molar-refractivity contribution is 6.29. The molecule has 11 heavy (non-hydrogen) atoms. The van der Waals surface area contributed by atoms with Crippen molar-refractivity contribution in [2.45, 2.75) is 0 Å². The predicted octanol–water partition coefficient (Wildman–Crippen LogP) is 1.48. The summed E-state index contributed by atoms with van der Waals surface area (Å²) in [6.07, 6.45) is 0. The lowest BCUT2D eigenvalue weighted by Crippen LogP contribution is -1.87. The minimum absolute atomic E-state index is 0.0694. The Balaban J connectivity index is 3.34. The van der Waals surface area contributed by atoms with Crippen molar-refractivity contribution >= 4 is 11.6 Å². The molecule has 1 aromatic rings. The molecule has 4 heteroatoms. The van der Waals surface area contributed by atoms with Crippen LogP contribution in [0.3, 0.4) is 0 Å². The van der Waals surface area contributed by atoms with Crippen molar-refractivity contribution in [2.75, 3.05) is 0 Å². The van der Waals surface area contributed by atoms with Gasteiger partial charge in [0.25, 0.3) is 0 Å². The molecule has 0 saturated heterocycles. The Hall–Kier alpha value is -1.58. The van der Waals surface area contributed by atoms with Gasteiger partial charge in [0.2, 0.25) is 0 Å². The van der Waals surface area contributed by atoms with E-state index in [1.807, 2.05) is 6.07 Å². The molecule has 1 rings (SSSR count). The summed E-state index contributed by atoms with van der Waals surface area (Å²) in [4.78, 5) is 3.64. The zero-order valence-electron chi connectivity index (χ0n) is 5.37. The molecule has 0 bridgehead atoms. The van der Waals surface area contributed by atoms with Gasteiger partial charge in [0.15, 0.2) is 5.69 Å². The first-order valence-electron chi connectivity index (χ1n) is 2.74. The van der Waals surface area contributed by atoms with Gasteiger partial charge in [-0.3, -0.25) is 0 Å². The van der Waals surface area contributed by atoms with E-state index in [0.29, 0.717) is 0 Å². The Morgan fingerprint density at radius 1 is 1.27 bits per heavy atom. The molecule has 0 aromatic carbocycles. The highest BCUT2D eigenvalue weighted by atomic mass is 35.5. The molecule has 0 N–H and O–H groups in total. The van der Waals surface area contributed by atoms with Gasteiger partial charge in [-0.2, -0.15) is 10.5 Å². The van der Waals surface area contributed by atoms with Crippen molar-refractivity contribution in [1.82, 2.24) is 4.98 Å². The highest BCUT2D eigenvalue weighted by Gasteiger charge is 2.01. The molecule has 0 aliphatic heterocycles. The average molecular weight is 164 g/mol. The standard InChI is InChI=1S/C7H2ClN3/c8-7-2-1-5(3-9)6(4-10)11-7/h1-2H. The van der Waals surface area contributed by atoms with Crippen LogP contribution in [0.1, 0.15) is 11.3 Å². The fourth-order valence-electron chi connectivity index (χ4n) is 0.611. The van der Waals surface area contributed by atoms with E-state index in [9.17, 15) is 0 Å². The molecule has 1 heterocycles. The second kappa shape index (κ2) is 3.01. The highest BCUT2D eigenvalue weighted by Crippen LogP contribution is 2.08. The van der Waals surface area contributed by atoms with Crippen LogP contribution in [0.15, 0.2) is 12.1 Å². The minimum atomic E-state index is 0.0694. The van der Waals surface area contributed by atoms with Crippen LogP contribution < -0.4 is 0 Å². The number of rotatable bonds is 0. The summed E-state index contributed by atoms with van der Waals surface area (Å²) in [5.74, 6) is 0. The van der Waals surface area contributed by atoms with Crippen molar-refractivity contribution in [1.29, 1.82) is 10.5 Å². The fraction of sp³-hybridized carbons (Fsp3) is 0. The third kappa shape index (κ3) is 1.46. The first-order valence-corrected chi connectivity index (χ1v) is 3.12. The molecule has 1 aromatic heterocycles. The van der Waals surface area contributed by atoms with Gasteiger partial charge in [0.05, 0.1) is 5.56 Å². The number of nitrogens with zero attached hydrogens (tertiary/aromatic N) is 3. The lowest BCUT2D eigenvalue weighted by molar-refractivity contribution is 1.24. The zero-order chi connectivity index (χ0) is 8.27. The molecule has 52 valence electrons. The lowest BCUT2D eigenvalue weighted by atomic mass is 10.2. The maximum atomic E-state index is 8.46. The third-order valence-corrected chi connectivity index (χ3v) is 1.30. The van der Waals surface area contributed by atoms with E-state index in [0.717, 1.165) is 0 Å². The predicted molar refractivity (Wildman–Crippen MR) is 38.7 cm³/mol. The van der Waals surface area contributed by atoms with E-state index in [-0.39, 0.29) is 16.4 Å². The molecule has 0 atom stereocenters. The third-order valence-electron chi connectivity index (χ3n) is 1.09. The molecular formula is C7H2ClN3. The summed E-state index contributed by atoms with van der Waals surface area (Å²) in [6, 6.07) is 6.54. The first kappa shape index (κ1) is 7.53. The van der Waals surface area contributed by atoms with Gasteiger partial charge < -0.3 is 0 Å². The van der Waals surface area contributed by atoms with Crippen LogP contribution in [0.2, 0.25) is 5.15 Å². The normalized spacial score (nSPS) is 8.27. The van der Waals surface area contributed by atoms with Gasteiger partial charge in [-0.1, -0.05) is 11.6 Å². The summed E-state index contributed by atoms with van der Waals surface area (Å²) < 4.78 is 0. The Morgan fingerprint density at radius 2 is 2.00 bits per heavy atom. The molecule has 0 aliphatic rings. The van der Waals surface area contributed by atoms with Crippen LogP contribution >= 0.6 is 11.6 Å². The summed E-state index contributed by atoms with van der Waals surface area (Å²) in [6.45, 7) is 0. The van der Waals surface area contributed by atoms with Crippen LogP contribution in [0.25, 0.3) is 0 Å². The van der Waals surface area contributed by atoms with Crippen LogP contribution in [0.4, 0.5) is 0 Å². The number of hydrogen-bond donors (Lipinski definition) is 0. The van der Waals surface area contributed by atoms with E-state index in [1.54, 1.807) is 6.07 Å². The van der Waals surface area contributed by atoms with Gasteiger partial charge in [-0.25, -0.2) is 4.98 Å². The van der Waals surface area contributed by atoms with E-state index in [4.69, 9.17) is 22.1 Å². The summed E-state index contributed by atoms with van der Waals surface area (Å²) in [7, 11) is 0. The summed E-state index contributed by atoms with van der Waals surface area (Å²) >= 11 is 5.48. The van der Waals surface area contributed by atoms with Crippen molar-refractivity contribution in [2.24, 2.45) is 0 Å². The van der Waals surface area contributed by atoms with E-state index in [2.05, 4.69) is 4.98 Å². The molecule has 0 saturated carbocycles. The van der Waals surface area contributed by atoms with Crippen molar-refractivity contribution in [3.63, 3.8) is 0 Å². The first-order chi connectivity index (χ1) is 5.27. The Labute approximate surface area is 68.5 Å². The number of pyridine rings is 1. The second-order valence-electron chi connectivity index (χ2n) is 1.75. The number of halogens is 1. The SMILES string of the molecule is N#Cc1ccc(Cl)nc1C#N. The Morgan fingerprint density at radius 3 is 2.55 bits per heavy atom. The topological polar surface area (TPSA) is 60.5 Å². The van der Waals surface area contributed by atoms with Crippen LogP contribution in [0.5, 0.6) is 0 Å². The maximum Gasteiger partial charge on any atom is 0.159 e. The van der Waals surface area contributed by atoms with Crippen LogP contribution in [0, 0.1) is 22.7 Å². The second-order valence-corrected chi connectivity index (χ2v) is 2.14. The van der Waals surface area contributed by atoms with Crippen molar-refractivity contribution in [3.8, 4) is 12.1 Å². The molecule has 0 fully saturated rings. The molecule has 3 nitrogen and oxygen atoms in total. The van der Waals surface area contributed by atoms with Crippen molar-refractivity contribution < 1.29 is 0 Å². The monoisotopic (exact) mass is 163 g/mol. The van der Waals surface area contributed by atoms with Crippen LogP contribution in [-0.4, -0.2) is 4.98 Å². The fourth-order valence-corrected chi connectivity index (χ4v) is 0.758. The summed E-state index contributed by atoms with van der Waals surface area (Å²) in [5, 5.41) is 17.1. The van der Waals surface area contributed by atoms with E-state index < -0.39 is 0 Å². The van der Waals surface area contributed by atoms with Gasteiger partial charge in [-0.05, 0) is 12.1 Å². The van der Waals surface area contributed by atoms with Gasteiger partial charge in [0.1, 0.15) is 17.3 Å². The smallest absolute Gasteiger partial charge is 0.159 e. The Bertz CT molecular complexity index is 359. The van der Waals surface area contributed by atoms with Crippen molar-refractivity contribution in [3.05, 3.63) is 28.5 Å². The Kier molecular flexibility index (Phi) is 2.06.